The number of benzene rings is 2. The van der Waals surface area contributed by atoms with Gasteiger partial charge in [-0.15, -0.1) is 11.3 Å². The van der Waals surface area contributed by atoms with E-state index in [4.69, 9.17) is 0 Å². The van der Waals surface area contributed by atoms with Crippen LogP contribution in [-0.4, -0.2) is 9.91 Å². The van der Waals surface area contributed by atoms with E-state index in [-0.39, 0.29) is 11.3 Å². The minimum atomic E-state index is -0.691. The number of aromatic nitrogens is 1. The van der Waals surface area contributed by atoms with Gasteiger partial charge < -0.3 is 0 Å². The van der Waals surface area contributed by atoms with Crippen LogP contribution in [0.2, 0.25) is 0 Å². The van der Waals surface area contributed by atoms with Crippen LogP contribution in [0.5, 0.6) is 0 Å². The fourth-order valence-electron chi connectivity index (χ4n) is 2.20. The lowest BCUT2D eigenvalue weighted by Gasteiger charge is -2.01. The van der Waals surface area contributed by atoms with Crippen molar-refractivity contribution in [3.63, 3.8) is 0 Å². The highest BCUT2D eigenvalue weighted by Crippen LogP contribution is 2.35. The summed E-state index contributed by atoms with van der Waals surface area (Å²) in [6.45, 7) is 1.77. The molecule has 23 heavy (non-hydrogen) atoms. The lowest BCUT2D eigenvalue weighted by Crippen LogP contribution is -1.89. The number of thiazole rings is 1. The zero-order valence-electron chi connectivity index (χ0n) is 11.9. The Bertz CT molecular complexity index is 909. The Morgan fingerprint density at radius 1 is 1.17 bits per heavy atom. The third-order valence-electron chi connectivity index (χ3n) is 3.29. The predicted octanol–water partition coefficient (Wildman–Crippen LogP) is 4.97. The second-order valence-electron chi connectivity index (χ2n) is 4.86. The van der Waals surface area contributed by atoms with Crippen molar-refractivity contribution in [3.05, 3.63) is 69.1 Å². The Labute approximate surface area is 134 Å². The molecule has 0 radical (unpaired) electrons. The van der Waals surface area contributed by atoms with Crippen molar-refractivity contribution in [1.29, 1.82) is 0 Å². The SMILES string of the molecule is Cc1sc(-c2cccc([N+](=O)[O-])c2)nc1-c1ccc(F)cc1F. The number of aryl methyl sites for hydroxylation is 1. The molecule has 2 aromatic carbocycles. The Hall–Kier alpha value is -2.67. The normalized spacial score (nSPS) is 10.7. The van der Waals surface area contributed by atoms with Crippen LogP contribution in [0.1, 0.15) is 4.88 Å². The van der Waals surface area contributed by atoms with E-state index in [2.05, 4.69) is 4.98 Å². The van der Waals surface area contributed by atoms with Crippen molar-refractivity contribution in [2.75, 3.05) is 0 Å². The summed E-state index contributed by atoms with van der Waals surface area (Å²) in [5.41, 5.74) is 1.16. The summed E-state index contributed by atoms with van der Waals surface area (Å²) in [6, 6.07) is 9.40. The maximum absolute atomic E-state index is 13.9. The Kier molecular flexibility index (Phi) is 3.87. The number of nitro groups is 1. The van der Waals surface area contributed by atoms with Gasteiger partial charge in [0.15, 0.2) is 0 Å². The van der Waals surface area contributed by atoms with Gasteiger partial charge in [0.25, 0.3) is 5.69 Å². The smallest absolute Gasteiger partial charge is 0.258 e. The second-order valence-corrected chi connectivity index (χ2v) is 6.06. The van der Waals surface area contributed by atoms with E-state index in [0.717, 1.165) is 10.9 Å². The summed E-state index contributed by atoms with van der Waals surface area (Å²) in [7, 11) is 0. The molecular formula is C16H10F2N2O2S. The molecule has 0 N–H and O–H groups in total. The molecule has 0 spiro atoms. The van der Waals surface area contributed by atoms with Crippen LogP contribution in [0, 0.1) is 28.7 Å². The zero-order valence-corrected chi connectivity index (χ0v) is 12.7. The number of hydrogen-bond acceptors (Lipinski definition) is 4. The quantitative estimate of drug-likeness (QED) is 0.502. The first kappa shape index (κ1) is 15.2. The van der Waals surface area contributed by atoms with Gasteiger partial charge in [-0.3, -0.25) is 10.1 Å². The fraction of sp³-hybridized carbons (Fsp3) is 0.0625. The molecule has 0 aliphatic carbocycles. The molecule has 1 heterocycles. The highest BCUT2D eigenvalue weighted by atomic mass is 32.1. The molecule has 1 aromatic heterocycles. The maximum Gasteiger partial charge on any atom is 0.270 e. The average molecular weight is 332 g/mol. The lowest BCUT2D eigenvalue weighted by atomic mass is 10.1. The summed E-state index contributed by atoms with van der Waals surface area (Å²) in [4.78, 5) is 15.5. The number of rotatable bonds is 3. The molecule has 0 saturated carbocycles. The first-order chi connectivity index (χ1) is 11.0. The molecule has 0 atom stereocenters. The van der Waals surface area contributed by atoms with Crippen molar-refractivity contribution in [2.24, 2.45) is 0 Å². The topological polar surface area (TPSA) is 56.0 Å². The van der Waals surface area contributed by atoms with Crippen molar-refractivity contribution < 1.29 is 13.7 Å². The first-order valence-electron chi connectivity index (χ1n) is 6.63. The summed E-state index contributed by atoms with van der Waals surface area (Å²) in [5, 5.41) is 11.4. The Morgan fingerprint density at radius 3 is 2.65 bits per heavy atom. The van der Waals surface area contributed by atoms with Crippen molar-refractivity contribution >= 4 is 17.0 Å². The standard InChI is InChI=1S/C16H10F2N2O2S/c1-9-15(13-6-5-11(17)8-14(13)18)19-16(23-9)10-3-2-4-12(7-10)20(21)22/h2-8H,1H3. The van der Waals surface area contributed by atoms with Crippen LogP contribution in [0.3, 0.4) is 0 Å². The third-order valence-corrected chi connectivity index (χ3v) is 4.31. The van der Waals surface area contributed by atoms with E-state index < -0.39 is 16.6 Å². The minimum Gasteiger partial charge on any atom is -0.258 e. The Morgan fingerprint density at radius 2 is 1.96 bits per heavy atom. The minimum absolute atomic E-state index is 0.0372. The molecule has 0 saturated heterocycles. The fourth-order valence-corrected chi connectivity index (χ4v) is 3.13. The predicted molar refractivity (Wildman–Crippen MR) is 84.3 cm³/mol. The van der Waals surface area contributed by atoms with Crippen molar-refractivity contribution in [2.45, 2.75) is 6.92 Å². The van der Waals surface area contributed by atoms with Gasteiger partial charge in [-0.25, -0.2) is 13.8 Å². The van der Waals surface area contributed by atoms with Crippen LogP contribution >= 0.6 is 11.3 Å². The number of nitro benzene ring substituents is 1. The van der Waals surface area contributed by atoms with Crippen molar-refractivity contribution in [3.8, 4) is 21.8 Å². The number of non-ortho nitro benzene ring substituents is 1. The molecule has 7 heteroatoms. The van der Waals surface area contributed by atoms with Crippen LogP contribution in [0.25, 0.3) is 21.8 Å². The molecule has 3 rings (SSSR count). The van der Waals surface area contributed by atoms with Gasteiger partial charge in [-0.1, -0.05) is 12.1 Å². The molecule has 116 valence electrons. The maximum atomic E-state index is 13.9. The van der Waals surface area contributed by atoms with Crippen LogP contribution in [0.4, 0.5) is 14.5 Å². The average Bonchev–Trinajstić information content (AvgIpc) is 2.89. The van der Waals surface area contributed by atoms with Crippen LogP contribution in [0.15, 0.2) is 42.5 Å². The zero-order chi connectivity index (χ0) is 16.6. The third kappa shape index (κ3) is 2.95. The molecule has 4 nitrogen and oxygen atoms in total. The lowest BCUT2D eigenvalue weighted by molar-refractivity contribution is -0.384. The summed E-state index contributed by atoms with van der Waals surface area (Å²) in [5.74, 6) is -1.35. The van der Waals surface area contributed by atoms with E-state index >= 15 is 0 Å². The van der Waals surface area contributed by atoms with Gasteiger partial charge in [0.2, 0.25) is 0 Å². The van der Waals surface area contributed by atoms with Gasteiger partial charge in [-0.05, 0) is 19.1 Å². The van der Waals surface area contributed by atoms with Gasteiger partial charge in [-0.2, -0.15) is 0 Å². The molecular weight excluding hydrogens is 322 g/mol. The summed E-state index contributed by atoms with van der Waals surface area (Å²) >= 11 is 1.30. The van der Waals surface area contributed by atoms with Gasteiger partial charge in [0.05, 0.1) is 10.6 Å². The Balaban J connectivity index is 2.08. The van der Waals surface area contributed by atoms with E-state index in [1.807, 2.05) is 0 Å². The largest absolute Gasteiger partial charge is 0.270 e. The molecule has 0 bridgehead atoms. The number of nitrogens with zero attached hydrogens (tertiary/aromatic N) is 2. The molecule has 0 fully saturated rings. The molecule has 0 aliphatic heterocycles. The van der Waals surface area contributed by atoms with Crippen LogP contribution in [-0.2, 0) is 0 Å². The highest BCUT2D eigenvalue weighted by molar-refractivity contribution is 7.15. The van der Waals surface area contributed by atoms with E-state index in [1.54, 1.807) is 19.1 Å². The number of hydrogen-bond donors (Lipinski definition) is 0. The van der Waals surface area contributed by atoms with Gasteiger partial charge in [0.1, 0.15) is 16.6 Å². The molecule has 0 unspecified atom stereocenters. The first-order valence-corrected chi connectivity index (χ1v) is 7.45. The molecule has 0 aliphatic rings. The van der Waals surface area contributed by atoms with E-state index in [0.29, 0.717) is 16.3 Å². The second kappa shape index (κ2) is 5.85. The van der Waals surface area contributed by atoms with Gasteiger partial charge >= 0.3 is 0 Å². The highest BCUT2D eigenvalue weighted by Gasteiger charge is 2.16. The number of halogens is 2. The van der Waals surface area contributed by atoms with E-state index in [9.17, 15) is 18.9 Å². The summed E-state index contributed by atoms with van der Waals surface area (Å²) < 4.78 is 27.0. The summed E-state index contributed by atoms with van der Waals surface area (Å²) in [6.07, 6.45) is 0. The van der Waals surface area contributed by atoms with E-state index in [1.165, 1.54) is 35.6 Å². The van der Waals surface area contributed by atoms with Crippen molar-refractivity contribution in [1.82, 2.24) is 4.98 Å². The van der Waals surface area contributed by atoms with Crippen LogP contribution < -0.4 is 0 Å². The van der Waals surface area contributed by atoms with Gasteiger partial charge in [0, 0.05) is 34.2 Å². The molecule has 0 amide bonds. The molecule has 3 aromatic rings. The monoisotopic (exact) mass is 332 g/mol.